The van der Waals surface area contributed by atoms with E-state index in [1.807, 2.05) is 47.8 Å². The average molecular weight is 362 g/mol. The molecule has 0 saturated heterocycles. The Morgan fingerprint density at radius 2 is 1.77 bits per heavy atom. The van der Waals surface area contributed by atoms with E-state index in [4.69, 9.17) is 0 Å². The number of carbonyl (C=O) groups excluding carboxylic acids is 1. The van der Waals surface area contributed by atoms with Crippen molar-refractivity contribution < 1.29 is 9.18 Å². The summed E-state index contributed by atoms with van der Waals surface area (Å²) >= 11 is 1.49. The minimum absolute atomic E-state index is 0.126. The Hall–Kier alpha value is -2.52. The summed E-state index contributed by atoms with van der Waals surface area (Å²) in [4.78, 5) is 13.5. The molecule has 2 aromatic carbocycles. The molecule has 3 aromatic rings. The first kappa shape index (κ1) is 16.9. The van der Waals surface area contributed by atoms with Crippen LogP contribution in [0.2, 0.25) is 0 Å². The third-order valence-electron chi connectivity index (χ3n) is 4.99. The van der Waals surface area contributed by atoms with E-state index < -0.39 is 0 Å². The minimum atomic E-state index is -0.193. The van der Waals surface area contributed by atoms with Crippen molar-refractivity contribution in [2.24, 2.45) is 5.92 Å². The van der Waals surface area contributed by atoms with Crippen molar-refractivity contribution >= 4 is 28.3 Å². The summed E-state index contributed by atoms with van der Waals surface area (Å²) in [6.07, 6.45) is 2.15. The van der Waals surface area contributed by atoms with Crippen molar-refractivity contribution in [2.75, 3.05) is 0 Å². The molecule has 1 heterocycles. The molecule has 3 heteroatoms. The summed E-state index contributed by atoms with van der Waals surface area (Å²) < 4.78 is 14.4. The Kier molecular flexibility index (Phi) is 4.81. The Labute approximate surface area is 156 Å². The third-order valence-corrected chi connectivity index (χ3v) is 5.90. The first-order valence-electron chi connectivity index (χ1n) is 8.84. The van der Waals surface area contributed by atoms with Gasteiger partial charge in [-0.25, -0.2) is 4.39 Å². The maximum absolute atomic E-state index is 14.4. The summed E-state index contributed by atoms with van der Waals surface area (Å²) in [7, 11) is 0. The molecule has 26 heavy (non-hydrogen) atoms. The molecule has 1 aliphatic rings. The lowest BCUT2D eigenvalue weighted by atomic mass is 9.88. The van der Waals surface area contributed by atoms with Crippen molar-refractivity contribution in [3.63, 3.8) is 0 Å². The maximum Gasteiger partial charge on any atom is 0.173 e. The Balaban J connectivity index is 1.75. The summed E-state index contributed by atoms with van der Waals surface area (Å²) in [6.45, 7) is 0. The van der Waals surface area contributed by atoms with Gasteiger partial charge < -0.3 is 0 Å². The van der Waals surface area contributed by atoms with Gasteiger partial charge in [-0.1, -0.05) is 54.6 Å². The molecule has 0 bridgehead atoms. The zero-order valence-electron chi connectivity index (χ0n) is 14.3. The van der Waals surface area contributed by atoms with Crippen LogP contribution in [0.5, 0.6) is 0 Å². The molecule has 0 saturated carbocycles. The molecule has 0 radical (unpaired) electrons. The number of thiophene rings is 1. The number of allylic oxidation sites excluding steroid dienone is 2. The number of rotatable bonds is 5. The van der Waals surface area contributed by atoms with Gasteiger partial charge in [0.1, 0.15) is 5.82 Å². The van der Waals surface area contributed by atoms with Gasteiger partial charge in [-0.05, 0) is 53.0 Å². The summed E-state index contributed by atoms with van der Waals surface area (Å²) in [5, 5.41) is 1.93. The van der Waals surface area contributed by atoms with Crippen molar-refractivity contribution in [2.45, 2.75) is 19.3 Å². The predicted molar refractivity (Wildman–Crippen MR) is 106 cm³/mol. The van der Waals surface area contributed by atoms with Gasteiger partial charge in [-0.3, -0.25) is 4.79 Å². The molecule has 1 aromatic heterocycles. The fraction of sp³-hybridized carbons (Fsp3) is 0.174. The average Bonchev–Trinajstić information content (AvgIpc) is 3.33. The highest BCUT2D eigenvalue weighted by Crippen LogP contribution is 2.46. The lowest BCUT2D eigenvalue weighted by molar-refractivity contribution is 0.0974. The van der Waals surface area contributed by atoms with Crippen LogP contribution >= 0.6 is 11.3 Å². The summed E-state index contributed by atoms with van der Waals surface area (Å²) in [5.41, 5.74) is 3.92. The molecule has 1 atom stereocenters. The number of ketones is 1. The molecule has 0 unspecified atom stereocenters. The van der Waals surface area contributed by atoms with E-state index in [9.17, 15) is 9.18 Å². The smallest absolute Gasteiger partial charge is 0.173 e. The van der Waals surface area contributed by atoms with Gasteiger partial charge >= 0.3 is 0 Å². The molecule has 1 aliphatic carbocycles. The SMILES string of the molecule is O=C(C[C@H]1CCC(c2ccccc2F)=C1c1ccccc1)c1cccs1. The van der Waals surface area contributed by atoms with Gasteiger partial charge in [0, 0.05) is 12.0 Å². The zero-order valence-corrected chi connectivity index (χ0v) is 15.1. The molecule has 0 amide bonds. The molecule has 130 valence electrons. The van der Waals surface area contributed by atoms with Crippen LogP contribution < -0.4 is 0 Å². The second kappa shape index (κ2) is 7.38. The highest BCUT2D eigenvalue weighted by Gasteiger charge is 2.30. The van der Waals surface area contributed by atoms with Crippen LogP contribution in [0.4, 0.5) is 4.39 Å². The Morgan fingerprint density at radius 3 is 2.50 bits per heavy atom. The topological polar surface area (TPSA) is 17.1 Å². The number of halogens is 1. The highest BCUT2D eigenvalue weighted by atomic mass is 32.1. The molecule has 4 rings (SSSR count). The minimum Gasteiger partial charge on any atom is -0.293 e. The largest absolute Gasteiger partial charge is 0.293 e. The molecule has 0 N–H and O–H groups in total. The fourth-order valence-corrected chi connectivity index (χ4v) is 4.50. The number of carbonyl (C=O) groups is 1. The van der Waals surface area contributed by atoms with E-state index in [1.54, 1.807) is 6.07 Å². The standard InChI is InChI=1S/C23H19FOS/c24-20-10-5-4-9-18(20)19-13-12-17(15-21(25)22-11-6-14-26-22)23(19)16-7-2-1-3-8-16/h1-11,14,17H,12-13,15H2/t17-/m1/s1. The summed E-state index contributed by atoms with van der Waals surface area (Å²) in [5.74, 6) is 0.107. The molecule has 0 spiro atoms. The molecular weight excluding hydrogens is 343 g/mol. The predicted octanol–water partition coefficient (Wildman–Crippen LogP) is 6.48. The Morgan fingerprint density at radius 1 is 1.00 bits per heavy atom. The van der Waals surface area contributed by atoms with Crippen LogP contribution in [0.25, 0.3) is 11.1 Å². The number of Topliss-reactive ketones (excluding diaryl/α,β-unsaturated/α-hetero) is 1. The van der Waals surface area contributed by atoms with Gasteiger partial charge in [0.25, 0.3) is 0 Å². The second-order valence-corrected chi connectivity index (χ2v) is 7.53. The quantitative estimate of drug-likeness (QED) is 0.475. The van der Waals surface area contributed by atoms with Crippen molar-refractivity contribution in [3.05, 3.63) is 93.9 Å². The highest BCUT2D eigenvalue weighted by molar-refractivity contribution is 7.12. The van der Waals surface area contributed by atoms with Crippen LogP contribution in [0.1, 0.15) is 40.1 Å². The van der Waals surface area contributed by atoms with E-state index in [0.717, 1.165) is 34.4 Å². The third kappa shape index (κ3) is 3.27. The lowest BCUT2D eigenvalue weighted by Crippen LogP contribution is -2.07. The van der Waals surface area contributed by atoms with Gasteiger partial charge in [0.05, 0.1) is 4.88 Å². The molecular formula is C23H19FOS. The molecule has 0 aliphatic heterocycles. The van der Waals surface area contributed by atoms with E-state index in [1.165, 1.54) is 17.4 Å². The number of hydrogen-bond donors (Lipinski definition) is 0. The molecule has 1 nitrogen and oxygen atoms in total. The molecule has 0 fully saturated rings. The Bertz CT molecular complexity index is 941. The van der Waals surface area contributed by atoms with E-state index in [0.29, 0.717) is 12.0 Å². The van der Waals surface area contributed by atoms with E-state index >= 15 is 0 Å². The van der Waals surface area contributed by atoms with Crippen molar-refractivity contribution in [3.8, 4) is 0 Å². The maximum atomic E-state index is 14.4. The number of hydrogen-bond acceptors (Lipinski definition) is 2. The van der Waals surface area contributed by atoms with Crippen molar-refractivity contribution in [1.82, 2.24) is 0 Å². The van der Waals surface area contributed by atoms with Crippen LogP contribution in [-0.2, 0) is 0 Å². The summed E-state index contributed by atoms with van der Waals surface area (Å²) in [6, 6.07) is 20.8. The van der Waals surface area contributed by atoms with Crippen LogP contribution in [0, 0.1) is 11.7 Å². The van der Waals surface area contributed by atoms with Crippen LogP contribution in [0.3, 0.4) is 0 Å². The first-order valence-corrected chi connectivity index (χ1v) is 9.72. The first-order chi connectivity index (χ1) is 12.7. The van der Waals surface area contributed by atoms with Gasteiger partial charge in [-0.2, -0.15) is 0 Å². The fourth-order valence-electron chi connectivity index (χ4n) is 3.82. The van der Waals surface area contributed by atoms with Crippen LogP contribution in [-0.4, -0.2) is 5.78 Å². The van der Waals surface area contributed by atoms with E-state index in [2.05, 4.69) is 12.1 Å². The second-order valence-electron chi connectivity index (χ2n) is 6.58. The number of benzene rings is 2. The van der Waals surface area contributed by atoms with Gasteiger partial charge in [0.2, 0.25) is 0 Å². The van der Waals surface area contributed by atoms with Gasteiger partial charge in [0.15, 0.2) is 5.78 Å². The monoisotopic (exact) mass is 362 g/mol. The zero-order chi connectivity index (χ0) is 17.9. The van der Waals surface area contributed by atoms with Gasteiger partial charge in [-0.15, -0.1) is 11.3 Å². The van der Waals surface area contributed by atoms with E-state index in [-0.39, 0.29) is 17.5 Å². The lowest BCUT2D eigenvalue weighted by Gasteiger charge is -2.16. The van der Waals surface area contributed by atoms with Crippen molar-refractivity contribution in [1.29, 1.82) is 0 Å². The van der Waals surface area contributed by atoms with Crippen LogP contribution in [0.15, 0.2) is 72.1 Å². The normalized spacial score (nSPS) is 16.9.